The van der Waals surface area contributed by atoms with Crippen LogP contribution >= 0.6 is 0 Å². The second kappa shape index (κ2) is 6.02. The fourth-order valence-corrected chi connectivity index (χ4v) is 1.67. The van der Waals surface area contributed by atoms with Gasteiger partial charge in [-0.3, -0.25) is 4.90 Å². The number of hydrogen-bond donors (Lipinski definition) is 1. The van der Waals surface area contributed by atoms with E-state index >= 15 is 0 Å². The molecular formula is C12H17F3N2. The molecule has 2 nitrogen and oxygen atoms in total. The minimum Gasteiger partial charge on any atom is -0.329 e. The van der Waals surface area contributed by atoms with E-state index in [2.05, 4.69) is 0 Å². The Morgan fingerprint density at radius 3 is 2.29 bits per heavy atom. The van der Waals surface area contributed by atoms with Crippen LogP contribution in [0.2, 0.25) is 0 Å². The van der Waals surface area contributed by atoms with Crippen molar-refractivity contribution in [3.05, 3.63) is 35.9 Å². The summed E-state index contributed by atoms with van der Waals surface area (Å²) in [6, 6.07) is 7.87. The summed E-state index contributed by atoms with van der Waals surface area (Å²) in [6.07, 6.45) is -3.68. The van der Waals surface area contributed by atoms with Gasteiger partial charge in [0.25, 0.3) is 0 Å². The Morgan fingerprint density at radius 2 is 1.82 bits per heavy atom. The van der Waals surface area contributed by atoms with Gasteiger partial charge in [-0.05, 0) is 19.0 Å². The van der Waals surface area contributed by atoms with E-state index in [0.29, 0.717) is 13.0 Å². The first-order chi connectivity index (χ1) is 7.95. The van der Waals surface area contributed by atoms with Crippen molar-refractivity contribution in [2.75, 3.05) is 20.1 Å². The van der Waals surface area contributed by atoms with Gasteiger partial charge >= 0.3 is 6.18 Å². The smallest absolute Gasteiger partial charge is 0.329 e. The Morgan fingerprint density at radius 1 is 1.24 bits per heavy atom. The highest BCUT2D eigenvalue weighted by Gasteiger charge is 2.40. The van der Waals surface area contributed by atoms with E-state index in [1.165, 1.54) is 11.9 Å². The molecule has 1 unspecified atom stereocenters. The molecule has 1 rings (SSSR count). The van der Waals surface area contributed by atoms with E-state index in [0.717, 1.165) is 5.56 Å². The van der Waals surface area contributed by atoms with Crippen molar-refractivity contribution in [1.29, 1.82) is 0 Å². The lowest BCUT2D eigenvalue weighted by molar-refractivity contribution is -0.177. The number of likely N-dealkylation sites (N-methyl/N-ethyl adjacent to an activating group) is 1. The van der Waals surface area contributed by atoms with Gasteiger partial charge in [-0.2, -0.15) is 13.2 Å². The highest BCUT2D eigenvalue weighted by molar-refractivity contribution is 5.14. The molecule has 1 aromatic carbocycles. The molecule has 0 fully saturated rings. The molecule has 0 bridgehead atoms. The van der Waals surface area contributed by atoms with Gasteiger partial charge in [-0.15, -0.1) is 0 Å². The number of hydrogen-bond acceptors (Lipinski definition) is 2. The van der Waals surface area contributed by atoms with Crippen LogP contribution in [0.4, 0.5) is 13.2 Å². The average molecular weight is 246 g/mol. The first-order valence-corrected chi connectivity index (χ1v) is 5.46. The van der Waals surface area contributed by atoms with Gasteiger partial charge in [0, 0.05) is 13.1 Å². The van der Waals surface area contributed by atoms with Gasteiger partial charge in [0.1, 0.15) is 6.04 Å². The van der Waals surface area contributed by atoms with Crippen LogP contribution in [-0.2, 0) is 6.42 Å². The monoisotopic (exact) mass is 246 g/mol. The standard InChI is InChI=1S/C12H17F3N2/c1-17(11(9-16)12(13,14)15)8-7-10-5-3-2-4-6-10/h2-6,11H,7-9,16H2,1H3. The highest BCUT2D eigenvalue weighted by Crippen LogP contribution is 2.23. The third-order valence-electron chi connectivity index (χ3n) is 2.73. The number of benzene rings is 1. The lowest BCUT2D eigenvalue weighted by Gasteiger charge is -2.28. The summed E-state index contributed by atoms with van der Waals surface area (Å²) in [5, 5.41) is 0. The molecule has 2 N–H and O–H groups in total. The van der Waals surface area contributed by atoms with Gasteiger partial charge in [0.15, 0.2) is 0 Å². The van der Waals surface area contributed by atoms with Gasteiger partial charge in [0.2, 0.25) is 0 Å². The highest BCUT2D eigenvalue weighted by atomic mass is 19.4. The van der Waals surface area contributed by atoms with Crippen molar-refractivity contribution in [3.8, 4) is 0 Å². The van der Waals surface area contributed by atoms with E-state index in [1.807, 2.05) is 30.3 Å². The zero-order valence-electron chi connectivity index (χ0n) is 9.74. The number of halogens is 3. The quantitative estimate of drug-likeness (QED) is 0.861. The van der Waals surface area contributed by atoms with Crippen LogP contribution in [0.15, 0.2) is 30.3 Å². The molecule has 1 atom stereocenters. The first-order valence-electron chi connectivity index (χ1n) is 5.46. The Balaban J connectivity index is 2.51. The van der Waals surface area contributed by atoms with Crippen LogP contribution in [-0.4, -0.2) is 37.3 Å². The predicted molar refractivity (Wildman–Crippen MR) is 61.7 cm³/mol. The second-order valence-electron chi connectivity index (χ2n) is 4.01. The molecule has 0 amide bonds. The summed E-state index contributed by atoms with van der Waals surface area (Å²) in [5.41, 5.74) is 6.19. The summed E-state index contributed by atoms with van der Waals surface area (Å²) in [4.78, 5) is 1.26. The number of nitrogens with zero attached hydrogens (tertiary/aromatic N) is 1. The van der Waals surface area contributed by atoms with Crippen LogP contribution in [0, 0.1) is 0 Å². The van der Waals surface area contributed by atoms with Crippen LogP contribution in [0.1, 0.15) is 5.56 Å². The van der Waals surface area contributed by atoms with Crippen molar-refractivity contribution in [2.24, 2.45) is 5.73 Å². The molecule has 0 aliphatic rings. The largest absolute Gasteiger partial charge is 0.405 e. The Hall–Kier alpha value is -1.07. The van der Waals surface area contributed by atoms with E-state index in [4.69, 9.17) is 5.73 Å². The maximum absolute atomic E-state index is 12.6. The molecule has 0 saturated carbocycles. The lowest BCUT2D eigenvalue weighted by atomic mass is 10.1. The molecule has 0 heterocycles. The van der Waals surface area contributed by atoms with E-state index in [1.54, 1.807) is 0 Å². The molecule has 17 heavy (non-hydrogen) atoms. The fourth-order valence-electron chi connectivity index (χ4n) is 1.67. The van der Waals surface area contributed by atoms with Crippen molar-refractivity contribution >= 4 is 0 Å². The van der Waals surface area contributed by atoms with Gasteiger partial charge < -0.3 is 5.73 Å². The predicted octanol–water partition coefficient (Wildman–Crippen LogP) is 2.05. The minimum absolute atomic E-state index is 0.339. The van der Waals surface area contributed by atoms with Crippen LogP contribution in [0.3, 0.4) is 0 Å². The summed E-state index contributed by atoms with van der Waals surface area (Å²) >= 11 is 0. The fraction of sp³-hybridized carbons (Fsp3) is 0.500. The Labute approximate surface area is 99.2 Å². The Kier molecular flexibility index (Phi) is 4.96. The van der Waals surface area contributed by atoms with Gasteiger partial charge in [-0.25, -0.2) is 0 Å². The summed E-state index contributed by atoms with van der Waals surface area (Å²) in [7, 11) is 1.45. The summed E-state index contributed by atoms with van der Waals surface area (Å²) in [6.45, 7) is -0.0693. The average Bonchev–Trinajstić information content (AvgIpc) is 2.27. The zero-order valence-corrected chi connectivity index (χ0v) is 9.74. The third-order valence-corrected chi connectivity index (χ3v) is 2.73. The van der Waals surface area contributed by atoms with Gasteiger partial charge in [0.05, 0.1) is 0 Å². The van der Waals surface area contributed by atoms with Gasteiger partial charge in [-0.1, -0.05) is 30.3 Å². The van der Waals surface area contributed by atoms with Crippen LogP contribution < -0.4 is 5.73 Å². The molecular weight excluding hydrogens is 229 g/mol. The molecule has 0 aliphatic heterocycles. The van der Waals surface area contributed by atoms with Crippen molar-refractivity contribution in [3.63, 3.8) is 0 Å². The lowest BCUT2D eigenvalue weighted by Crippen LogP contribution is -2.49. The van der Waals surface area contributed by atoms with E-state index in [9.17, 15) is 13.2 Å². The molecule has 1 aromatic rings. The zero-order chi connectivity index (χ0) is 12.9. The Bertz CT molecular complexity index is 324. The molecule has 0 aliphatic carbocycles. The minimum atomic E-state index is -4.26. The van der Waals surface area contributed by atoms with Crippen molar-refractivity contribution < 1.29 is 13.2 Å². The SMILES string of the molecule is CN(CCc1ccccc1)C(CN)C(F)(F)F. The number of nitrogens with two attached hydrogens (primary N) is 1. The van der Waals surface area contributed by atoms with E-state index in [-0.39, 0.29) is 0 Å². The number of alkyl halides is 3. The summed E-state index contributed by atoms with van der Waals surface area (Å²) < 4.78 is 37.7. The number of rotatable bonds is 5. The molecule has 0 saturated heterocycles. The molecule has 96 valence electrons. The van der Waals surface area contributed by atoms with Crippen molar-refractivity contribution in [1.82, 2.24) is 4.90 Å². The van der Waals surface area contributed by atoms with Crippen molar-refractivity contribution in [2.45, 2.75) is 18.6 Å². The first kappa shape index (κ1) is 14.0. The second-order valence-corrected chi connectivity index (χ2v) is 4.01. The van der Waals surface area contributed by atoms with Crippen LogP contribution in [0.5, 0.6) is 0 Å². The molecule has 0 aromatic heterocycles. The maximum Gasteiger partial charge on any atom is 0.405 e. The van der Waals surface area contributed by atoms with Crippen LogP contribution in [0.25, 0.3) is 0 Å². The molecule has 0 spiro atoms. The summed E-state index contributed by atoms with van der Waals surface area (Å²) in [5.74, 6) is 0. The topological polar surface area (TPSA) is 29.3 Å². The molecule has 0 radical (unpaired) electrons. The third kappa shape index (κ3) is 4.36. The normalized spacial score (nSPS) is 14.0. The maximum atomic E-state index is 12.6. The van der Waals surface area contributed by atoms with E-state index < -0.39 is 18.8 Å². The molecule has 5 heteroatoms.